The summed E-state index contributed by atoms with van der Waals surface area (Å²) in [5, 5.41) is 21.9. The molecule has 0 saturated heterocycles. The van der Waals surface area contributed by atoms with E-state index in [0.717, 1.165) is 12.0 Å². The first-order valence-corrected chi connectivity index (χ1v) is 5.72. The van der Waals surface area contributed by atoms with Gasteiger partial charge in [0.15, 0.2) is 0 Å². The molecule has 0 spiro atoms. The number of phenols is 1. The molecule has 1 rings (SSSR count). The number of benzene rings is 1. The maximum absolute atomic E-state index is 9.27. The summed E-state index contributed by atoms with van der Waals surface area (Å²) >= 11 is 0. The lowest BCUT2D eigenvalue weighted by atomic mass is 10.1. The van der Waals surface area contributed by atoms with Crippen molar-refractivity contribution in [1.29, 1.82) is 0 Å². The lowest BCUT2D eigenvalue weighted by Crippen LogP contribution is -2.31. The third kappa shape index (κ3) is 4.21. The summed E-state index contributed by atoms with van der Waals surface area (Å²) in [6.45, 7) is 5.93. The molecule has 3 heteroatoms. The lowest BCUT2D eigenvalue weighted by molar-refractivity contribution is 0.168. The van der Waals surface area contributed by atoms with Crippen molar-refractivity contribution >= 4 is 0 Å². The Bertz CT molecular complexity index is 308. The highest BCUT2D eigenvalue weighted by Crippen LogP contribution is 2.17. The molecular formula is C13H21NO2. The minimum absolute atomic E-state index is 0.217. The molecule has 3 atom stereocenters. The average Bonchev–Trinajstić information content (AvgIpc) is 2.16. The van der Waals surface area contributed by atoms with Gasteiger partial charge in [-0.15, -0.1) is 0 Å². The van der Waals surface area contributed by atoms with Crippen molar-refractivity contribution in [2.24, 2.45) is 0 Å². The molecule has 0 aliphatic carbocycles. The zero-order chi connectivity index (χ0) is 12.1. The first kappa shape index (κ1) is 13.0. The van der Waals surface area contributed by atoms with Gasteiger partial charge in [0.1, 0.15) is 5.75 Å². The van der Waals surface area contributed by atoms with E-state index in [1.54, 1.807) is 19.1 Å². The first-order chi connectivity index (χ1) is 7.49. The maximum atomic E-state index is 9.27. The molecule has 0 heterocycles. The van der Waals surface area contributed by atoms with Crippen molar-refractivity contribution in [2.75, 3.05) is 0 Å². The molecule has 0 fully saturated rings. The number of aromatic hydroxyl groups is 1. The molecular weight excluding hydrogens is 202 g/mol. The standard InChI is InChI=1S/C13H21NO2/c1-9(8-10(2)15)14-11(3)12-4-6-13(16)7-5-12/h4-7,9-11,14-16H,8H2,1-3H3. The third-order valence-electron chi connectivity index (χ3n) is 2.62. The quantitative estimate of drug-likeness (QED) is 0.717. The van der Waals surface area contributed by atoms with E-state index in [1.165, 1.54) is 0 Å². The molecule has 0 aliphatic heterocycles. The van der Waals surface area contributed by atoms with Gasteiger partial charge in [-0.25, -0.2) is 0 Å². The third-order valence-corrected chi connectivity index (χ3v) is 2.62. The van der Waals surface area contributed by atoms with E-state index >= 15 is 0 Å². The van der Waals surface area contributed by atoms with Crippen LogP contribution in [0.5, 0.6) is 5.75 Å². The predicted molar refractivity (Wildman–Crippen MR) is 65.4 cm³/mol. The van der Waals surface area contributed by atoms with Crippen LogP contribution < -0.4 is 5.32 Å². The molecule has 3 unspecified atom stereocenters. The second kappa shape index (κ2) is 5.87. The molecule has 3 N–H and O–H groups in total. The second-order valence-electron chi connectivity index (χ2n) is 4.47. The van der Waals surface area contributed by atoms with Gasteiger partial charge in [-0.05, 0) is 44.9 Å². The fourth-order valence-electron chi connectivity index (χ4n) is 1.87. The van der Waals surface area contributed by atoms with Crippen LogP contribution >= 0.6 is 0 Å². The van der Waals surface area contributed by atoms with Gasteiger partial charge in [0.25, 0.3) is 0 Å². The Morgan fingerprint density at radius 3 is 2.19 bits per heavy atom. The summed E-state index contributed by atoms with van der Waals surface area (Å²) in [4.78, 5) is 0. The summed E-state index contributed by atoms with van der Waals surface area (Å²) in [7, 11) is 0. The van der Waals surface area contributed by atoms with Crippen molar-refractivity contribution in [3.63, 3.8) is 0 Å². The van der Waals surface area contributed by atoms with Gasteiger partial charge in [0, 0.05) is 12.1 Å². The molecule has 0 amide bonds. The van der Waals surface area contributed by atoms with Gasteiger partial charge in [-0.2, -0.15) is 0 Å². The van der Waals surface area contributed by atoms with Crippen molar-refractivity contribution in [1.82, 2.24) is 5.32 Å². The molecule has 16 heavy (non-hydrogen) atoms. The summed E-state index contributed by atoms with van der Waals surface area (Å²) in [6.07, 6.45) is 0.456. The fraction of sp³-hybridized carbons (Fsp3) is 0.538. The Morgan fingerprint density at radius 2 is 1.69 bits per heavy atom. The highest BCUT2D eigenvalue weighted by Gasteiger charge is 2.11. The van der Waals surface area contributed by atoms with E-state index < -0.39 is 0 Å². The molecule has 1 aromatic carbocycles. The second-order valence-corrected chi connectivity index (χ2v) is 4.47. The van der Waals surface area contributed by atoms with Gasteiger partial charge >= 0.3 is 0 Å². The molecule has 0 radical (unpaired) electrons. The molecule has 1 aromatic rings. The van der Waals surface area contributed by atoms with Crippen molar-refractivity contribution in [2.45, 2.75) is 45.4 Å². The van der Waals surface area contributed by atoms with Crippen molar-refractivity contribution in [3.8, 4) is 5.75 Å². The van der Waals surface area contributed by atoms with Gasteiger partial charge in [0.05, 0.1) is 6.10 Å². The molecule has 0 saturated carbocycles. The number of nitrogens with one attached hydrogen (secondary N) is 1. The Kier molecular flexibility index (Phi) is 4.77. The summed E-state index contributed by atoms with van der Waals surface area (Å²) in [6, 6.07) is 7.67. The minimum Gasteiger partial charge on any atom is -0.508 e. The highest BCUT2D eigenvalue weighted by molar-refractivity contribution is 5.27. The number of hydrogen-bond acceptors (Lipinski definition) is 3. The normalized spacial score (nSPS) is 16.8. The Balaban J connectivity index is 2.51. The van der Waals surface area contributed by atoms with Gasteiger partial charge in [0.2, 0.25) is 0 Å². The Labute approximate surface area is 97.1 Å². The number of hydrogen-bond donors (Lipinski definition) is 3. The first-order valence-electron chi connectivity index (χ1n) is 5.72. The van der Waals surface area contributed by atoms with Gasteiger partial charge in [-0.1, -0.05) is 12.1 Å². The lowest BCUT2D eigenvalue weighted by Gasteiger charge is -2.21. The maximum Gasteiger partial charge on any atom is 0.115 e. The number of phenolic OH excluding ortho intramolecular Hbond substituents is 1. The van der Waals surface area contributed by atoms with E-state index in [2.05, 4.69) is 19.2 Å². The molecule has 0 aliphatic rings. The topological polar surface area (TPSA) is 52.5 Å². The number of aliphatic hydroxyl groups excluding tert-OH is 1. The van der Waals surface area contributed by atoms with E-state index in [-0.39, 0.29) is 23.9 Å². The average molecular weight is 223 g/mol. The zero-order valence-corrected chi connectivity index (χ0v) is 10.1. The SMILES string of the molecule is CC(O)CC(C)NC(C)c1ccc(O)cc1. The Morgan fingerprint density at radius 1 is 1.12 bits per heavy atom. The van der Waals surface area contributed by atoms with Crippen LogP contribution in [0.25, 0.3) is 0 Å². The van der Waals surface area contributed by atoms with Gasteiger partial charge < -0.3 is 15.5 Å². The molecule has 0 aromatic heterocycles. The van der Waals surface area contributed by atoms with E-state index in [9.17, 15) is 10.2 Å². The van der Waals surface area contributed by atoms with Crippen LogP contribution in [0, 0.1) is 0 Å². The highest BCUT2D eigenvalue weighted by atomic mass is 16.3. The predicted octanol–water partition coefficient (Wildman–Crippen LogP) is 2.20. The monoisotopic (exact) mass is 223 g/mol. The van der Waals surface area contributed by atoms with Crippen LogP contribution in [-0.2, 0) is 0 Å². The summed E-state index contributed by atoms with van der Waals surface area (Å²) in [5.74, 6) is 0.285. The molecule has 0 bridgehead atoms. The Hall–Kier alpha value is -1.06. The van der Waals surface area contributed by atoms with E-state index in [0.29, 0.717) is 0 Å². The summed E-state index contributed by atoms with van der Waals surface area (Å²) in [5.41, 5.74) is 1.13. The number of rotatable bonds is 5. The van der Waals surface area contributed by atoms with Crippen molar-refractivity contribution < 1.29 is 10.2 Å². The minimum atomic E-state index is -0.283. The smallest absolute Gasteiger partial charge is 0.115 e. The molecule has 90 valence electrons. The van der Waals surface area contributed by atoms with Crippen molar-refractivity contribution in [3.05, 3.63) is 29.8 Å². The van der Waals surface area contributed by atoms with E-state index in [4.69, 9.17) is 0 Å². The zero-order valence-electron chi connectivity index (χ0n) is 10.1. The number of aliphatic hydroxyl groups is 1. The van der Waals surface area contributed by atoms with Crippen LogP contribution in [0.2, 0.25) is 0 Å². The van der Waals surface area contributed by atoms with Crippen LogP contribution in [0.4, 0.5) is 0 Å². The van der Waals surface area contributed by atoms with Crippen LogP contribution in [0.3, 0.4) is 0 Å². The van der Waals surface area contributed by atoms with E-state index in [1.807, 2.05) is 12.1 Å². The molecule has 3 nitrogen and oxygen atoms in total. The fourth-order valence-corrected chi connectivity index (χ4v) is 1.87. The summed E-state index contributed by atoms with van der Waals surface area (Å²) < 4.78 is 0. The van der Waals surface area contributed by atoms with Crippen LogP contribution in [-0.4, -0.2) is 22.4 Å². The largest absolute Gasteiger partial charge is 0.508 e. The van der Waals surface area contributed by atoms with Crippen LogP contribution in [0.15, 0.2) is 24.3 Å². The van der Waals surface area contributed by atoms with Crippen LogP contribution in [0.1, 0.15) is 38.8 Å². The van der Waals surface area contributed by atoms with Gasteiger partial charge in [-0.3, -0.25) is 0 Å².